The van der Waals surface area contributed by atoms with Crippen molar-refractivity contribution in [2.75, 3.05) is 37.7 Å². The molecule has 0 N–H and O–H groups in total. The normalized spacial score (nSPS) is 14.5. The third kappa shape index (κ3) is 3.59. The van der Waals surface area contributed by atoms with Crippen LogP contribution in [0.25, 0.3) is 10.8 Å². The van der Waals surface area contributed by atoms with Gasteiger partial charge in [-0.3, -0.25) is 4.79 Å². The van der Waals surface area contributed by atoms with E-state index in [0.29, 0.717) is 24.8 Å². The van der Waals surface area contributed by atoms with Crippen LogP contribution < -0.4 is 9.64 Å². The van der Waals surface area contributed by atoms with Gasteiger partial charge in [0.25, 0.3) is 5.91 Å². The first kappa shape index (κ1) is 16.3. The lowest BCUT2D eigenvalue weighted by Gasteiger charge is -2.34. The van der Waals surface area contributed by atoms with E-state index < -0.39 is 0 Å². The molecule has 3 aromatic rings. The van der Waals surface area contributed by atoms with E-state index in [-0.39, 0.29) is 12.5 Å². The number of rotatable bonds is 4. The monoisotopic (exact) mass is 348 g/mol. The average molecular weight is 348 g/mol. The first-order valence-corrected chi connectivity index (χ1v) is 8.71. The quantitative estimate of drug-likeness (QED) is 0.724. The van der Waals surface area contributed by atoms with E-state index in [1.54, 1.807) is 18.5 Å². The molecular weight excluding hydrogens is 328 g/mol. The molecule has 1 aromatic heterocycles. The van der Waals surface area contributed by atoms with Crippen LogP contribution in [0.5, 0.6) is 5.75 Å². The molecule has 0 saturated carbocycles. The Labute approximate surface area is 152 Å². The van der Waals surface area contributed by atoms with Crippen molar-refractivity contribution in [1.82, 2.24) is 14.9 Å². The largest absolute Gasteiger partial charge is 0.484 e. The molecule has 1 saturated heterocycles. The molecule has 2 heterocycles. The standard InChI is InChI=1S/C20H20N4O2/c25-19(15-26-18-7-6-16-4-1-2-5-17(16)14-18)23-10-12-24(13-11-23)20-21-8-3-9-22-20/h1-9,14H,10-13,15H2. The number of ether oxygens (including phenoxy) is 1. The summed E-state index contributed by atoms with van der Waals surface area (Å²) in [7, 11) is 0. The van der Waals surface area contributed by atoms with E-state index in [4.69, 9.17) is 4.74 Å². The second-order valence-electron chi connectivity index (χ2n) is 6.21. The van der Waals surface area contributed by atoms with Crippen LogP contribution in [0.4, 0.5) is 5.95 Å². The lowest BCUT2D eigenvalue weighted by Crippen LogP contribution is -2.50. The third-order valence-corrected chi connectivity index (χ3v) is 4.55. The Morgan fingerprint density at radius 3 is 2.42 bits per heavy atom. The Morgan fingerprint density at radius 2 is 1.65 bits per heavy atom. The molecule has 4 rings (SSSR count). The van der Waals surface area contributed by atoms with Crippen LogP contribution in [-0.2, 0) is 4.79 Å². The fraction of sp³-hybridized carbons (Fsp3) is 0.250. The number of amides is 1. The summed E-state index contributed by atoms with van der Waals surface area (Å²) in [6.45, 7) is 2.81. The zero-order valence-corrected chi connectivity index (χ0v) is 14.4. The maximum atomic E-state index is 12.4. The number of carbonyl (C=O) groups excluding carboxylic acids is 1. The lowest BCUT2D eigenvalue weighted by molar-refractivity contribution is -0.133. The van der Waals surface area contributed by atoms with Gasteiger partial charge in [-0.15, -0.1) is 0 Å². The van der Waals surface area contributed by atoms with E-state index in [1.165, 1.54) is 0 Å². The molecule has 0 unspecified atom stereocenters. The van der Waals surface area contributed by atoms with Crippen molar-refractivity contribution in [2.45, 2.75) is 0 Å². The number of fused-ring (bicyclic) bond motifs is 1. The molecule has 0 bridgehead atoms. The molecule has 1 aliphatic heterocycles. The molecular formula is C20H20N4O2. The van der Waals surface area contributed by atoms with Crippen LogP contribution in [0, 0.1) is 0 Å². The van der Waals surface area contributed by atoms with E-state index in [0.717, 1.165) is 23.9 Å². The summed E-state index contributed by atoms with van der Waals surface area (Å²) in [4.78, 5) is 24.9. The summed E-state index contributed by atoms with van der Waals surface area (Å²) in [6.07, 6.45) is 3.47. The molecule has 0 spiro atoms. The predicted molar refractivity (Wildman–Crippen MR) is 100 cm³/mol. The van der Waals surface area contributed by atoms with E-state index >= 15 is 0 Å². The first-order chi connectivity index (χ1) is 12.8. The van der Waals surface area contributed by atoms with Crippen LogP contribution >= 0.6 is 0 Å². The number of aromatic nitrogens is 2. The Kier molecular flexibility index (Phi) is 4.64. The Bertz CT molecular complexity index is 892. The van der Waals surface area contributed by atoms with Crippen LogP contribution in [0.3, 0.4) is 0 Å². The summed E-state index contributed by atoms with van der Waals surface area (Å²) in [5.74, 6) is 1.44. The minimum Gasteiger partial charge on any atom is -0.484 e. The Balaban J connectivity index is 1.31. The molecule has 26 heavy (non-hydrogen) atoms. The highest BCUT2D eigenvalue weighted by molar-refractivity contribution is 5.84. The Morgan fingerprint density at radius 1 is 0.923 bits per heavy atom. The highest BCUT2D eigenvalue weighted by Gasteiger charge is 2.22. The highest BCUT2D eigenvalue weighted by atomic mass is 16.5. The summed E-state index contributed by atoms with van der Waals surface area (Å²) < 4.78 is 5.71. The van der Waals surface area contributed by atoms with Crippen molar-refractivity contribution in [1.29, 1.82) is 0 Å². The fourth-order valence-electron chi connectivity index (χ4n) is 3.10. The lowest BCUT2D eigenvalue weighted by atomic mass is 10.1. The summed E-state index contributed by atoms with van der Waals surface area (Å²) in [5, 5.41) is 2.26. The van der Waals surface area contributed by atoms with Crippen molar-refractivity contribution in [3.05, 3.63) is 60.9 Å². The summed E-state index contributed by atoms with van der Waals surface area (Å²) >= 11 is 0. The third-order valence-electron chi connectivity index (χ3n) is 4.55. The molecule has 6 heteroatoms. The smallest absolute Gasteiger partial charge is 0.260 e. The van der Waals surface area contributed by atoms with Crippen LogP contribution in [0.15, 0.2) is 60.9 Å². The second kappa shape index (κ2) is 7.39. The van der Waals surface area contributed by atoms with Gasteiger partial charge in [0.1, 0.15) is 5.75 Å². The van der Waals surface area contributed by atoms with Gasteiger partial charge in [0.15, 0.2) is 6.61 Å². The van der Waals surface area contributed by atoms with E-state index in [2.05, 4.69) is 20.9 Å². The fourth-order valence-corrected chi connectivity index (χ4v) is 3.10. The van der Waals surface area contributed by atoms with Gasteiger partial charge in [0.2, 0.25) is 5.95 Å². The van der Waals surface area contributed by atoms with E-state index in [1.807, 2.05) is 41.3 Å². The maximum absolute atomic E-state index is 12.4. The van der Waals surface area contributed by atoms with Crippen molar-refractivity contribution >= 4 is 22.6 Å². The van der Waals surface area contributed by atoms with Gasteiger partial charge in [-0.1, -0.05) is 30.3 Å². The Hall–Kier alpha value is -3.15. The van der Waals surface area contributed by atoms with Crippen molar-refractivity contribution in [3.8, 4) is 5.75 Å². The van der Waals surface area contributed by atoms with Crippen LogP contribution in [0.1, 0.15) is 0 Å². The van der Waals surface area contributed by atoms with Crippen molar-refractivity contribution in [3.63, 3.8) is 0 Å². The zero-order chi connectivity index (χ0) is 17.8. The number of piperazine rings is 1. The van der Waals surface area contributed by atoms with Gasteiger partial charge in [-0.05, 0) is 29.0 Å². The number of anilines is 1. The maximum Gasteiger partial charge on any atom is 0.260 e. The second-order valence-corrected chi connectivity index (χ2v) is 6.21. The van der Waals surface area contributed by atoms with Crippen molar-refractivity contribution < 1.29 is 9.53 Å². The first-order valence-electron chi connectivity index (χ1n) is 8.71. The van der Waals surface area contributed by atoms with Gasteiger partial charge in [0, 0.05) is 38.6 Å². The van der Waals surface area contributed by atoms with Gasteiger partial charge in [0.05, 0.1) is 0 Å². The number of hydrogen-bond donors (Lipinski definition) is 0. The molecule has 1 amide bonds. The van der Waals surface area contributed by atoms with Crippen LogP contribution in [0.2, 0.25) is 0 Å². The number of carbonyl (C=O) groups is 1. The van der Waals surface area contributed by atoms with Gasteiger partial charge in [-0.25, -0.2) is 9.97 Å². The molecule has 132 valence electrons. The molecule has 0 atom stereocenters. The van der Waals surface area contributed by atoms with Crippen LogP contribution in [-0.4, -0.2) is 53.6 Å². The molecule has 0 aliphatic carbocycles. The molecule has 1 fully saturated rings. The number of nitrogens with zero attached hydrogens (tertiary/aromatic N) is 4. The zero-order valence-electron chi connectivity index (χ0n) is 14.4. The molecule has 6 nitrogen and oxygen atoms in total. The van der Waals surface area contributed by atoms with Gasteiger partial charge in [-0.2, -0.15) is 0 Å². The summed E-state index contributed by atoms with van der Waals surface area (Å²) in [5.41, 5.74) is 0. The highest BCUT2D eigenvalue weighted by Crippen LogP contribution is 2.20. The molecule has 0 radical (unpaired) electrons. The topological polar surface area (TPSA) is 58.6 Å². The predicted octanol–water partition coefficient (Wildman–Crippen LogP) is 2.36. The molecule has 1 aliphatic rings. The van der Waals surface area contributed by atoms with E-state index in [9.17, 15) is 4.79 Å². The number of benzene rings is 2. The van der Waals surface area contributed by atoms with Crippen molar-refractivity contribution in [2.24, 2.45) is 0 Å². The van der Waals surface area contributed by atoms with Gasteiger partial charge >= 0.3 is 0 Å². The average Bonchev–Trinajstić information content (AvgIpc) is 2.72. The minimum absolute atomic E-state index is 0.00629. The molecule has 2 aromatic carbocycles. The van der Waals surface area contributed by atoms with Gasteiger partial charge < -0.3 is 14.5 Å². The SMILES string of the molecule is O=C(COc1ccc2ccccc2c1)N1CCN(c2ncccn2)CC1. The number of hydrogen-bond acceptors (Lipinski definition) is 5. The summed E-state index contributed by atoms with van der Waals surface area (Å²) in [6, 6.07) is 15.8. The minimum atomic E-state index is 0.00629.